The minimum atomic E-state index is -0.369. The predicted octanol–water partition coefficient (Wildman–Crippen LogP) is 4.33. The van der Waals surface area contributed by atoms with Gasteiger partial charge in [-0.25, -0.2) is 4.39 Å². The van der Waals surface area contributed by atoms with Gasteiger partial charge in [0.2, 0.25) is 5.91 Å². The summed E-state index contributed by atoms with van der Waals surface area (Å²) >= 11 is 0. The van der Waals surface area contributed by atoms with Crippen molar-refractivity contribution in [3.05, 3.63) is 65.5 Å². The molecule has 0 atom stereocenters. The van der Waals surface area contributed by atoms with Gasteiger partial charge >= 0.3 is 0 Å². The van der Waals surface area contributed by atoms with Crippen molar-refractivity contribution in [2.24, 2.45) is 11.8 Å². The average Bonchev–Trinajstić information content (AvgIpc) is 2.86. The largest absolute Gasteiger partial charge is 0.369 e. The minimum absolute atomic E-state index is 0.00425. The van der Waals surface area contributed by atoms with Crippen molar-refractivity contribution in [3.63, 3.8) is 0 Å². The fraction of sp³-hybridized carbons (Fsp3) is 0.481. The van der Waals surface area contributed by atoms with Crippen LogP contribution in [-0.2, 0) is 11.3 Å². The first-order valence-corrected chi connectivity index (χ1v) is 12.1. The summed E-state index contributed by atoms with van der Waals surface area (Å²) in [6.07, 6.45) is 4.88. The van der Waals surface area contributed by atoms with Crippen LogP contribution in [0.1, 0.15) is 43.2 Å². The van der Waals surface area contributed by atoms with Gasteiger partial charge in [-0.1, -0.05) is 30.3 Å². The number of hydrogen-bond donors (Lipinski definition) is 1. The van der Waals surface area contributed by atoms with Crippen molar-refractivity contribution >= 4 is 11.6 Å². The van der Waals surface area contributed by atoms with Gasteiger partial charge in [-0.05, 0) is 74.9 Å². The Labute approximate surface area is 196 Å². The third-order valence-corrected chi connectivity index (χ3v) is 7.09. The summed E-state index contributed by atoms with van der Waals surface area (Å²) < 4.78 is 14.3. The number of likely N-dealkylation sites (tertiary alicyclic amines) is 1. The molecule has 6 heteroatoms. The number of benzene rings is 2. The zero-order chi connectivity index (χ0) is 23.0. The molecule has 0 aliphatic carbocycles. The van der Waals surface area contributed by atoms with E-state index in [1.807, 2.05) is 11.0 Å². The van der Waals surface area contributed by atoms with E-state index in [0.717, 1.165) is 45.4 Å². The van der Waals surface area contributed by atoms with E-state index >= 15 is 0 Å². The lowest BCUT2D eigenvalue weighted by atomic mass is 9.92. The van der Waals surface area contributed by atoms with E-state index in [-0.39, 0.29) is 17.6 Å². The van der Waals surface area contributed by atoms with Gasteiger partial charge in [0.15, 0.2) is 0 Å². The minimum Gasteiger partial charge on any atom is -0.369 e. The van der Waals surface area contributed by atoms with Crippen LogP contribution in [0.3, 0.4) is 0 Å². The molecule has 2 heterocycles. The van der Waals surface area contributed by atoms with E-state index in [9.17, 15) is 9.18 Å². The van der Waals surface area contributed by atoms with Crippen LogP contribution >= 0.6 is 0 Å². The number of nitrogens with one attached hydrogen (secondary N) is 1. The van der Waals surface area contributed by atoms with Crippen LogP contribution < -0.4 is 10.2 Å². The van der Waals surface area contributed by atoms with Crippen LogP contribution in [0.25, 0.3) is 0 Å². The standard InChI is InChI=1S/C27H33FN4O/c28-25-18-23(19-29)6-7-26(25)32-16-11-24(12-17-32)27(33)30-13-8-21-9-14-31(15-10-21)20-22-4-2-1-3-5-22/h1-7,18,21,24H,8-17,20H2,(H,30,33). The summed E-state index contributed by atoms with van der Waals surface area (Å²) in [5, 5.41) is 12.1. The number of nitriles is 1. The van der Waals surface area contributed by atoms with Crippen LogP contribution in [0.4, 0.5) is 10.1 Å². The maximum Gasteiger partial charge on any atom is 0.223 e. The quantitative estimate of drug-likeness (QED) is 0.685. The molecule has 0 aromatic heterocycles. The van der Waals surface area contributed by atoms with Gasteiger partial charge in [0.25, 0.3) is 0 Å². The molecule has 2 aromatic carbocycles. The lowest BCUT2D eigenvalue weighted by Crippen LogP contribution is -2.41. The molecule has 0 bridgehead atoms. The molecule has 5 nitrogen and oxygen atoms in total. The number of carbonyl (C=O) groups is 1. The highest BCUT2D eigenvalue weighted by Crippen LogP contribution is 2.27. The number of hydrogen-bond acceptors (Lipinski definition) is 4. The Bertz CT molecular complexity index is 958. The highest BCUT2D eigenvalue weighted by molar-refractivity contribution is 5.79. The average molecular weight is 449 g/mol. The molecule has 2 aliphatic rings. The fourth-order valence-electron chi connectivity index (χ4n) is 5.03. The maximum absolute atomic E-state index is 14.3. The van der Waals surface area contributed by atoms with Gasteiger partial charge in [0.05, 0.1) is 17.3 Å². The molecule has 2 aliphatic heterocycles. The summed E-state index contributed by atoms with van der Waals surface area (Å²) in [6.45, 7) is 5.32. The highest BCUT2D eigenvalue weighted by atomic mass is 19.1. The fourth-order valence-corrected chi connectivity index (χ4v) is 5.03. The Hall–Kier alpha value is -2.91. The number of carbonyl (C=O) groups excluding carboxylic acids is 1. The summed E-state index contributed by atoms with van der Waals surface area (Å²) in [5.74, 6) is 0.442. The number of halogens is 1. The molecular weight excluding hydrogens is 415 g/mol. The Morgan fingerprint density at radius 2 is 1.76 bits per heavy atom. The second-order valence-corrected chi connectivity index (χ2v) is 9.32. The monoisotopic (exact) mass is 448 g/mol. The summed E-state index contributed by atoms with van der Waals surface area (Å²) in [5.41, 5.74) is 2.22. The zero-order valence-electron chi connectivity index (χ0n) is 19.2. The van der Waals surface area contributed by atoms with E-state index in [1.54, 1.807) is 12.1 Å². The molecule has 2 saturated heterocycles. The van der Waals surface area contributed by atoms with Gasteiger partial charge < -0.3 is 10.2 Å². The molecule has 174 valence electrons. The number of piperidine rings is 2. The Morgan fingerprint density at radius 1 is 1.03 bits per heavy atom. The SMILES string of the molecule is N#Cc1ccc(N2CCC(C(=O)NCCC3CCN(Cc4ccccc4)CC3)CC2)c(F)c1. The van der Waals surface area contributed by atoms with E-state index in [1.165, 1.54) is 24.5 Å². The Morgan fingerprint density at radius 3 is 2.42 bits per heavy atom. The number of amides is 1. The van der Waals surface area contributed by atoms with Crippen LogP contribution in [0.15, 0.2) is 48.5 Å². The van der Waals surface area contributed by atoms with Crippen molar-refractivity contribution in [1.29, 1.82) is 5.26 Å². The lowest BCUT2D eigenvalue weighted by Gasteiger charge is -2.33. The second-order valence-electron chi connectivity index (χ2n) is 9.32. The normalized spacial score (nSPS) is 18.1. The molecule has 2 aromatic rings. The number of rotatable bonds is 7. The Balaban J connectivity index is 1.13. The first kappa shape index (κ1) is 23.3. The third kappa shape index (κ3) is 6.33. The first-order chi connectivity index (χ1) is 16.1. The number of anilines is 1. The maximum atomic E-state index is 14.3. The molecule has 1 N–H and O–H groups in total. The smallest absolute Gasteiger partial charge is 0.223 e. The molecular formula is C27H33FN4O. The van der Waals surface area contributed by atoms with Gasteiger partial charge in [-0.15, -0.1) is 0 Å². The van der Waals surface area contributed by atoms with Crippen molar-refractivity contribution < 1.29 is 9.18 Å². The van der Waals surface area contributed by atoms with Gasteiger partial charge in [-0.2, -0.15) is 5.26 Å². The van der Waals surface area contributed by atoms with Crippen molar-refractivity contribution in [2.45, 2.75) is 38.6 Å². The topological polar surface area (TPSA) is 59.4 Å². The zero-order valence-corrected chi connectivity index (χ0v) is 19.2. The van der Waals surface area contributed by atoms with E-state index < -0.39 is 0 Å². The van der Waals surface area contributed by atoms with Gasteiger partial charge in [-0.3, -0.25) is 9.69 Å². The number of nitrogens with zero attached hydrogens (tertiary/aromatic N) is 3. The molecule has 0 radical (unpaired) electrons. The second kappa shape index (κ2) is 11.3. The van der Waals surface area contributed by atoms with Gasteiger partial charge in [0, 0.05) is 32.1 Å². The first-order valence-electron chi connectivity index (χ1n) is 12.1. The molecule has 2 fully saturated rings. The molecule has 1 amide bonds. The van der Waals surface area contributed by atoms with Crippen molar-refractivity contribution in [2.75, 3.05) is 37.6 Å². The van der Waals surface area contributed by atoms with Crippen molar-refractivity contribution in [3.8, 4) is 6.07 Å². The summed E-state index contributed by atoms with van der Waals surface area (Å²) in [7, 11) is 0. The van der Waals surface area contributed by atoms with Gasteiger partial charge in [0.1, 0.15) is 5.82 Å². The molecule has 33 heavy (non-hydrogen) atoms. The summed E-state index contributed by atoms with van der Waals surface area (Å²) in [6, 6.07) is 17.2. The van der Waals surface area contributed by atoms with Crippen molar-refractivity contribution in [1.82, 2.24) is 10.2 Å². The predicted molar refractivity (Wildman–Crippen MR) is 128 cm³/mol. The Kier molecular flexibility index (Phi) is 7.96. The van der Waals surface area contributed by atoms with E-state index in [2.05, 4.69) is 40.5 Å². The van der Waals surface area contributed by atoms with E-state index in [4.69, 9.17) is 5.26 Å². The van der Waals surface area contributed by atoms with Crippen LogP contribution in [-0.4, -0.2) is 43.5 Å². The van der Waals surface area contributed by atoms with Crippen LogP contribution in [0, 0.1) is 29.0 Å². The van der Waals surface area contributed by atoms with Crippen LogP contribution in [0.2, 0.25) is 0 Å². The molecule has 4 rings (SSSR count). The van der Waals surface area contributed by atoms with E-state index in [0.29, 0.717) is 30.3 Å². The highest BCUT2D eigenvalue weighted by Gasteiger charge is 2.26. The lowest BCUT2D eigenvalue weighted by molar-refractivity contribution is -0.125. The molecule has 0 spiro atoms. The molecule has 0 saturated carbocycles. The van der Waals surface area contributed by atoms with Crippen LogP contribution in [0.5, 0.6) is 0 Å². The third-order valence-electron chi connectivity index (χ3n) is 7.09. The molecule has 0 unspecified atom stereocenters. The summed E-state index contributed by atoms with van der Waals surface area (Å²) in [4.78, 5) is 17.1.